The van der Waals surface area contributed by atoms with Gasteiger partial charge in [0, 0.05) is 12.1 Å². The van der Waals surface area contributed by atoms with Crippen molar-refractivity contribution in [1.29, 1.82) is 0 Å². The molecule has 1 saturated carbocycles. The van der Waals surface area contributed by atoms with E-state index >= 15 is 0 Å². The van der Waals surface area contributed by atoms with Crippen molar-refractivity contribution in [2.24, 2.45) is 5.92 Å². The van der Waals surface area contributed by atoms with Crippen LogP contribution in [0.3, 0.4) is 0 Å². The number of rotatable bonds is 5. The molecule has 0 spiro atoms. The highest BCUT2D eigenvalue weighted by molar-refractivity contribution is 5.97. The molecule has 1 fully saturated rings. The van der Waals surface area contributed by atoms with Gasteiger partial charge in [-0.15, -0.1) is 0 Å². The monoisotopic (exact) mass is 245 g/mol. The summed E-state index contributed by atoms with van der Waals surface area (Å²) in [6, 6.07) is 9.60. The van der Waals surface area contributed by atoms with Crippen molar-refractivity contribution in [2.75, 3.05) is 20.1 Å². The molecule has 2 rings (SSSR count). The van der Waals surface area contributed by atoms with E-state index in [1.54, 1.807) is 0 Å². The number of nitrogens with zero attached hydrogens (tertiary/aromatic N) is 1. The van der Waals surface area contributed by atoms with Crippen molar-refractivity contribution in [1.82, 2.24) is 4.90 Å². The van der Waals surface area contributed by atoms with Crippen LogP contribution in [-0.2, 0) is 0 Å². The third-order valence-corrected chi connectivity index (χ3v) is 3.80. The molecule has 1 aliphatic carbocycles. The minimum Gasteiger partial charge on any atom is -0.299 e. The molecule has 18 heavy (non-hydrogen) atoms. The smallest absolute Gasteiger partial charge is 0.176 e. The van der Waals surface area contributed by atoms with E-state index in [2.05, 4.69) is 11.9 Å². The van der Waals surface area contributed by atoms with Gasteiger partial charge in [-0.25, -0.2) is 0 Å². The first-order chi connectivity index (χ1) is 8.75. The first-order valence-electron chi connectivity index (χ1n) is 7.02. The van der Waals surface area contributed by atoms with Crippen LogP contribution in [0.15, 0.2) is 30.3 Å². The summed E-state index contributed by atoms with van der Waals surface area (Å²) in [4.78, 5) is 14.2. The van der Waals surface area contributed by atoms with Crippen LogP contribution in [0.4, 0.5) is 0 Å². The SMILES string of the molecule is CN(CC(=O)c1ccccc1)CC1CCCCC1. The molecule has 0 atom stereocenters. The Labute approximate surface area is 110 Å². The molecule has 0 N–H and O–H groups in total. The lowest BCUT2D eigenvalue weighted by atomic mass is 9.89. The Morgan fingerprint density at radius 3 is 2.50 bits per heavy atom. The summed E-state index contributed by atoms with van der Waals surface area (Å²) >= 11 is 0. The number of hydrogen-bond acceptors (Lipinski definition) is 2. The molecule has 1 aromatic carbocycles. The highest BCUT2D eigenvalue weighted by atomic mass is 16.1. The Morgan fingerprint density at radius 1 is 1.17 bits per heavy atom. The van der Waals surface area contributed by atoms with Gasteiger partial charge in [0.25, 0.3) is 0 Å². The van der Waals surface area contributed by atoms with Gasteiger partial charge in [0.15, 0.2) is 5.78 Å². The third-order valence-electron chi connectivity index (χ3n) is 3.80. The van der Waals surface area contributed by atoms with Gasteiger partial charge in [-0.3, -0.25) is 9.69 Å². The Balaban J connectivity index is 1.80. The molecule has 2 heteroatoms. The van der Waals surface area contributed by atoms with Crippen LogP contribution in [0.1, 0.15) is 42.5 Å². The van der Waals surface area contributed by atoms with Crippen LogP contribution in [-0.4, -0.2) is 30.8 Å². The Morgan fingerprint density at radius 2 is 1.83 bits per heavy atom. The Hall–Kier alpha value is -1.15. The summed E-state index contributed by atoms with van der Waals surface area (Å²) < 4.78 is 0. The van der Waals surface area contributed by atoms with Crippen molar-refractivity contribution < 1.29 is 4.79 Å². The molecule has 0 aliphatic heterocycles. The maximum atomic E-state index is 12.1. The summed E-state index contributed by atoms with van der Waals surface area (Å²) in [7, 11) is 2.06. The van der Waals surface area contributed by atoms with Crippen LogP contribution in [0.2, 0.25) is 0 Å². The second-order valence-electron chi connectivity index (χ2n) is 5.49. The molecule has 0 unspecified atom stereocenters. The number of carbonyl (C=O) groups excluding carboxylic acids is 1. The maximum absolute atomic E-state index is 12.1. The van der Waals surface area contributed by atoms with E-state index in [0.717, 1.165) is 18.0 Å². The number of likely N-dealkylation sites (N-methyl/N-ethyl adjacent to an activating group) is 1. The van der Waals surface area contributed by atoms with Gasteiger partial charge in [-0.05, 0) is 25.8 Å². The largest absolute Gasteiger partial charge is 0.299 e. The molecule has 0 heterocycles. The second kappa shape index (κ2) is 6.69. The predicted octanol–water partition coefficient (Wildman–Crippen LogP) is 3.38. The molecule has 0 amide bonds. The van der Waals surface area contributed by atoms with E-state index in [0.29, 0.717) is 6.54 Å². The average molecular weight is 245 g/mol. The molecular formula is C16H23NO. The van der Waals surface area contributed by atoms with Gasteiger partial charge >= 0.3 is 0 Å². The lowest BCUT2D eigenvalue weighted by Gasteiger charge is -2.26. The zero-order valence-corrected chi connectivity index (χ0v) is 11.3. The zero-order chi connectivity index (χ0) is 12.8. The van der Waals surface area contributed by atoms with Crippen molar-refractivity contribution >= 4 is 5.78 Å². The summed E-state index contributed by atoms with van der Waals surface area (Å²) in [5.74, 6) is 1.03. The van der Waals surface area contributed by atoms with E-state index in [-0.39, 0.29) is 5.78 Å². The van der Waals surface area contributed by atoms with Crippen LogP contribution < -0.4 is 0 Å². The number of carbonyl (C=O) groups is 1. The molecule has 98 valence electrons. The molecule has 1 aliphatic rings. The van der Waals surface area contributed by atoms with Crippen molar-refractivity contribution in [3.63, 3.8) is 0 Å². The minimum atomic E-state index is 0.230. The molecular weight excluding hydrogens is 222 g/mol. The minimum absolute atomic E-state index is 0.230. The van der Waals surface area contributed by atoms with E-state index in [4.69, 9.17) is 0 Å². The molecule has 0 radical (unpaired) electrons. The van der Waals surface area contributed by atoms with E-state index < -0.39 is 0 Å². The van der Waals surface area contributed by atoms with Crippen LogP contribution in [0.5, 0.6) is 0 Å². The molecule has 0 aromatic heterocycles. The van der Waals surface area contributed by atoms with Crippen molar-refractivity contribution in [3.05, 3.63) is 35.9 Å². The molecule has 1 aromatic rings. The van der Waals surface area contributed by atoms with E-state index in [1.807, 2.05) is 30.3 Å². The number of benzene rings is 1. The lowest BCUT2D eigenvalue weighted by Crippen LogP contribution is -2.31. The van der Waals surface area contributed by atoms with Crippen molar-refractivity contribution in [2.45, 2.75) is 32.1 Å². The Bertz CT molecular complexity index is 368. The first-order valence-corrected chi connectivity index (χ1v) is 7.02. The zero-order valence-electron chi connectivity index (χ0n) is 11.3. The topological polar surface area (TPSA) is 20.3 Å². The fourth-order valence-electron chi connectivity index (χ4n) is 2.84. The molecule has 0 saturated heterocycles. The van der Waals surface area contributed by atoms with Gasteiger partial charge in [0.1, 0.15) is 0 Å². The highest BCUT2D eigenvalue weighted by Crippen LogP contribution is 2.24. The number of hydrogen-bond donors (Lipinski definition) is 0. The fraction of sp³-hybridized carbons (Fsp3) is 0.562. The third kappa shape index (κ3) is 3.95. The number of ketones is 1. The van der Waals surface area contributed by atoms with E-state index in [9.17, 15) is 4.79 Å². The van der Waals surface area contributed by atoms with Crippen LogP contribution in [0.25, 0.3) is 0 Å². The van der Waals surface area contributed by atoms with Gasteiger partial charge in [-0.2, -0.15) is 0 Å². The highest BCUT2D eigenvalue weighted by Gasteiger charge is 2.17. The molecule has 2 nitrogen and oxygen atoms in total. The van der Waals surface area contributed by atoms with Gasteiger partial charge in [0.2, 0.25) is 0 Å². The summed E-state index contributed by atoms with van der Waals surface area (Å²) in [5.41, 5.74) is 0.827. The normalized spacial score (nSPS) is 17.0. The van der Waals surface area contributed by atoms with Gasteiger partial charge < -0.3 is 0 Å². The lowest BCUT2D eigenvalue weighted by molar-refractivity contribution is 0.0932. The standard InChI is InChI=1S/C16H23NO/c1-17(12-14-8-4-2-5-9-14)13-16(18)15-10-6-3-7-11-15/h3,6-7,10-11,14H,2,4-5,8-9,12-13H2,1H3. The summed E-state index contributed by atoms with van der Waals surface area (Å²) in [6.07, 6.45) is 6.80. The van der Waals surface area contributed by atoms with Crippen molar-refractivity contribution in [3.8, 4) is 0 Å². The number of Topliss-reactive ketones (excluding diaryl/α,β-unsaturated/α-hetero) is 1. The maximum Gasteiger partial charge on any atom is 0.176 e. The fourth-order valence-corrected chi connectivity index (χ4v) is 2.84. The van der Waals surface area contributed by atoms with Gasteiger partial charge in [-0.1, -0.05) is 49.6 Å². The Kier molecular flexibility index (Phi) is 4.94. The van der Waals surface area contributed by atoms with Gasteiger partial charge in [0.05, 0.1) is 6.54 Å². The van der Waals surface area contributed by atoms with E-state index in [1.165, 1.54) is 32.1 Å². The summed E-state index contributed by atoms with van der Waals surface area (Å²) in [6.45, 7) is 1.61. The molecule has 0 bridgehead atoms. The quantitative estimate of drug-likeness (QED) is 0.741. The van der Waals surface area contributed by atoms with Crippen LogP contribution >= 0.6 is 0 Å². The predicted molar refractivity (Wildman–Crippen MR) is 74.8 cm³/mol. The average Bonchev–Trinajstić information content (AvgIpc) is 2.40. The first kappa shape index (κ1) is 13.3. The second-order valence-corrected chi connectivity index (χ2v) is 5.49. The summed E-state index contributed by atoms with van der Waals surface area (Å²) in [5, 5.41) is 0. The van der Waals surface area contributed by atoms with Crippen LogP contribution in [0, 0.1) is 5.92 Å².